The Balaban J connectivity index is 1.93. The molecular formula is C13H19N5O. The molecule has 6 heteroatoms. The van der Waals surface area contributed by atoms with Gasteiger partial charge < -0.3 is 9.32 Å². The van der Waals surface area contributed by atoms with E-state index in [1.807, 2.05) is 45.4 Å². The van der Waals surface area contributed by atoms with Gasteiger partial charge in [0.25, 0.3) is 0 Å². The Morgan fingerprint density at radius 1 is 1.00 bits per heavy atom. The quantitative estimate of drug-likeness (QED) is 0.812. The third kappa shape index (κ3) is 3.75. The summed E-state index contributed by atoms with van der Waals surface area (Å²) in [6.45, 7) is 3.33. The summed E-state index contributed by atoms with van der Waals surface area (Å²) in [6.07, 6.45) is 5.46. The average Bonchev–Trinajstić information content (AvgIpc) is 2.75. The Bertz CT molecular complexity index is 520. The fourth-order valence-corrected chi connectivity index (χ4v) is 1.77. The van der Waals surface area contributed by atoms with E-state index in [1.54, 1.807) is 6.20 Å². The topological polar surface area (TPSA) is 58.3 Å². The molecule has 0 aromatic carbocycles. The van der Waals surface area contributed by atoms with E-state index in [9.17, 15) is 0 Å². The highest BCUT2D eigenvalue weighted by atomic mass is 16.4. The summed E-state index contributed by atoms with van der Waals surface area (Å²) in [5.41, 5.74) is 1.07. The lowest BCUT2D eigenvalue weighted by Crippen LogP contribution is -2.18. The summed E-state index contributed by atoms with van der Waals surface area (Å²) in [7, 11) is 5.87. The third-order valence-corrected chi connectivity index (χ3v) is 2.64. The van der Waals surface area contributed by atoms with Gasteiger partial charge in [-0.25, -0.2) is 15.0 Å². The van der Waals surface area contributed by atoms with E-state index in [2.05, 4.69) is 19.9 Å². The largest absolute Gasteiger partial charge is 0.445 e. The van der Waals surface area contributed by atoms with Crippen LogP contribution < -0.4 is 4.90 Å². The van der Waals surface area contributed by atoms with Gasteiger partial charge in [0.1, 0.15) is 5.76 Å². The zero-order chi connectivity index (χ0) is 13.8. The molecule has 0 fully saturated rings. The minimum Gasteiger partial charge on any atom is -0.445 e. The van der Waals surface area contributed by atoms with Gasteiger partial charge in [-0.05, 0) is 7.05 Å². The number of nitrogens with zero attached hydrogens (tertiary/aromatic N) is 5. The maximum atomic E-state index is 5.45. The average molecular weight is 261 g/mol. The molecule has 0 saturated carbocycles. The van der Waals surface area contributed by atoms with Gasteiger partial charge in [-0.15, -0.1) is 0 Å². The van der Waals surface area contributed by atoms with Gasteiger partial charge in [0.15, 0.2) is 5.89 Å². The monoisotopic (exact) mass is 261 g/mol. The normalized spacial score (nSPS) is 11.0. The van der Waals surface area contributed by atoms with E-state index >= 15 is 0 Å². The number of rotatable bonds is 5. The predicted molar refractivity (Wildman–Crippen MR) is 72.8 cm³/mol. The first-order chi connectivity index (χ1) is 9.04. The summed E-state index contributed by atoms with van der Waals surface area (Å²) >= 11 is 0. The van der Waals surface area contributed by atoms with Crippen LogP contribution in [0.1, 0.15) is 17.2 Å². The van der Waals surface area contributed by atoms with Crippen molar-refractivity contribution in [3.8, 4) is 0 Å². The van der Waals surface area contributed by atoms with Crippen LogP contribution in [0.2, 0.25) is 0 Å². The second-order valence-corrected chi connectivity index (χ2v) is 4.80. The maximum Gasteiger partial charge on any atom is 0.224 e. The van der Waals surface area contributed by atoms with Crippen LogP contribution in [-0.4, -0.2) is 41.0 Å². The second-order valence-electron chi connectivity index (χ2n) is 4.80. The van der Waals surface area contributed by atoms with Gasteiger partial charge in [0.05, 0.1) is 12.7 Å². The van der Waals surface area contributed by atoms with E-state index in [1.165, 1.54) is 0 Å². The molecule has 19 heavy (non-hydrogen) atoms. The van der Waals surface area contributed by atoms with Crippen molar-refractivity contribution in [3.63, 3.8) is 0 Å². The van der Waals surface area contributed by atoms with Crippen LogP contribution in [0.3, 0.4) is 0 Å². The highest BCUT2D eigenvalue weighted by molar-refractivity contribution is 5.26. The summed E-state index contributed by atoms with van der Waals surface area (Å²) in [5.74, 6) is 2.28. The Kier molecular flexibility index (Phi) is 4.11. The fraction of sp³-hybridized carbons (Fsp3) is 0.462. The van der Waals surface area contributed by atoms with Crippen molar-refractivity contribution in [1.82, 2.24) is 19.9 Å². The van der Waals surface area contributed by atoms with Crippen LogP contribution in [0.4, 0.5) is 5.95 Å². The maximum absolute atomic E-state index is 5.45. The minimum atomic E-state index is 0.696. The molecule has 0 N–H and O–H groups in total. The first kappa shape index (κ1) is 13.5. The lowest BCUT2D eigenvalue weighted by atomic mass is 10.3. The molecule has 0 atom stereocenters. The molecule has 0 unspecified atom stereocenters. The molecule has 6 nitrogen and oxygen atoms in total. The van der Waals surface area contributed by atoms with Crippen molar-refractivity contribution in [1.29, 1.82) is 0 Å². The van der Waals surface area contributed by atoms with Crippen LogP contribution >= 0.6 is 0 Å². The van der Waals surface area contributed by atoms with Crippen LogP contribution in [0.15, 0.2) is 23.0 Å². The van der Waals surface area contributed by atoms with E-state index < -0.39 is 0 Å². The van der Waals surface area contributed by atoms with Crippen LogP contribution in [0.25, 0.3) is 0 Å². The molecule has 0 bridgehead atoms. The van der Waals surface area contributed by atoms with Crippen LogP contribution in [0.5, 0.6) is 0 Å². The molecule has 2 aromatic heterocycles. The van der Waals surface area contributed by atoms with Crippen molar-refractivity contribution < 1.29 is 4.42 Å². The van der Waals surface area contributed by atoms with Gasteiger partial charge in [-0.2, -0.15) is 0 Å². The molecule has 0 saturated heterocycles. The summed E-state index contributed by atoms with van der Waals surface area (Å²) in [6, 6.07) is 0. The Hall–Kier alpha value is -1.95. The Morgan fingerprint density at radius 2 is 1.68 bits per heavy atom. The number of hydrogen-bond acceptors (Lipinski definition) is 6. The molecule has 0 amide bonds. The number of anilines is 1. The summed E-state index contributed by atoms with van der Waals surface area (Å²) < 4.78 is 5.45. The first-order valence-electron chi connectivity index (χ1n) is 6.12. The first-order valence-corrected chi connectivity index (χ1v) is 6.12. The predicted octanol–water partition coefficient (Wildman–Crippen LogP) is 1.47. The van der Waals surface area contributed by atoms with Crippen molar-refractivity contribution in [2.75, 3.05) is 26.0 Å². The number of oxazole rings is 1. The molecule has 102 valence electrons. The Labute approximate surface area is 113 Å². The van der Waals surface area contributed by atoms with Gasteiger partial charge in [0.2, 0.25) is 5.95 Å². The Morgan fingerprint density at radius 3 is 2.21 bits per heavy atom. The van der Waals surface area contributed by atoms with Crippen molar-refractivity contribution in [2.45, 2.75) is 20.0 Å². The number of aryl methyl sites for hydroxylation is 1. The lowest BCUT2D eigenvalue weighted by molar-refractivity contribution is 0.284. The van der Waals surface area contributed by atoms with Crippen LogP contribution in [-0.2, 0) is 13.1 Å². The molecule has 0 aliphatic carbocycles. The van der Waals surface area contributed by atoms with Crippen molar-refractivity contribution in [3.05, 3.63) is 35.8 Å². The molecule has 0 aliphatic heterocycles. The summed E-state index contributed by atoms with van der Waals surface area (Å²) in [4.78, 5) is 16.7. The SMILES string of the molecule is Cc1ncc(CN(C)Cc2cnc(N(C)C)nc2)o1. The molecule has 2 heterocycles. The number of hydrogen-bond donors (Lipinski definition) is 0. The highest BCUT2D eigenvalue weighted by Crippen LogP contribution is 2.09. The molecule has 0 spiro atoms. The second kappa shape index (κ2) is 5.79. The van der Waals surface area contributed by atoms with E-state index in [0.29, 0.717) is 5.89 Å². The highest BCUT2D eigenvalue weighted by Gasteiger charge is 2.07. The number of aromatic nitrogens is 3. The van der Waals surface area contributed by atoms with E-state index in [0.717, 1.165) is 30.4 Å². The minimum absolute atomic E-state index is 0.696. The molecular weight excluding hydrogens is 242 g/mol. The van der Waals surface area contributed by atoms with Crippen LogP contribution in [0, 0.1) is 6.92 Å². The molecule has 2 aromatic rings. The van der Waals surface area contributed by atoms with E-state index in [4.69, 9.17) is 4.42 Å². The fourth-order valence-electron chi connectivity index (χ4n) is 1.77. The van der Waals surface area contributed by atoms with Gasteiger partial charge in [-0.3, -0.25) is 4.90 Å². The standard InChI is InChI=1S/C13H19N5O/c1-10-14-7-12(19-10)9-18(4)8-11-5-15-13(16-6-11)17(2)3/h5-7H,8-9H2,1-4H3. The molecule has 0 aliphatic rings. The molecule has 0 radical (unpaired) electrons. The van der Waals surface area contributed by atoms with Gasteiger partial charge in [-0.1, -0.05) is 0 Å². The zero-order valence-electron chi connectivity index (χ0n) is 11.8. The van der Waals surface area contributed by atoms with Gasteiger partial charge in [0, 0.05) is 45.5 Å². The van der Waals surface area contributed by atoms with E-state index in [-0.39, 0.29) is 0 Å². The van der Waals surface area contributed by atoms with Crippen molar-refractivity contribution >= 4 is 5.95 Å². The zero-order valence-corrected chi connectivity index (χ0v) is 11.8. The lowest BCUT2D eigenvalue weighted by Gasteiger charge is -2.15. The molecule has 2 rings (SSSR count). The smallest absolute Gasteiger partial charge is 0.224 e. The van der Waals surface area contributed by atoms with Gasteiger partial charge >= 0.3 is 0 Å². The third-order valence-electron chi connectivity index (χ3n) is 2.64. The summed E-state index contributed by atoms with van der Waals surface area (Å²) in [5, 5.41) is 0. The van der Waals surface area contributed by atoms with Crippen molar-refractivity contribution in [2.24, 2.45) is 0 Å².